The van der Waals surface area contributed by atoms with Crippen LogP contribution in [0.2, 0.25) is 0 Å². The molecule has 6 rings (SSSR count). The molecule has 6 heteroatoms. The van der Waals surface area contributed by atoms with Crippen LogP contribution in [-0.2, 0) is 0 Å². The number of nitrogens with one attached hydrogen (secondary N) is 2. The molecule has 1 atom stereocenters. The van der Waals surface area contributed by atoms with Gasteiger partial charge in [-0.2, -0.15) is 5.10 Å². The fourth-order valence-corrected chi connectivity index (χ4v) is 5.68. The molecular weight excluding hydrogens is 500 g/mol. The van der Waals surface area contributed by atoms with Crippen molar-refractivity contribution in [2.45, 2.75) is 22.8 Å². The quantitative estimate of drug-likeness (QED) is 0.222. The van der Waals surface area contributed by atoms with E-state index in [4.69, 9.17) is 0 Å². The smallest absolute Gasteiger partial charge is 0.252 e. The molecule has 0 fully saturated rings. The molecule has 0 aliphatic heterocycles. The van der Waals surface area contributed by atoms with Gasteiger partial charge in [0.25, 0.3) is 5.91 Å². The molecule has 0 radical (unpaired) electrons. The number of hydrogen-bond acceptors (Lipinski definition) is 4. The molecule has 0 aliphatic carbocycles. The third kappa shape index (κ3) is 5.33. The molecule has 0 saturated carbocycles. The molecule has 0 aliphatic rings. The van der Waals surface area contributed by atoms with E-state index >= 15 is 0 Å². The Morgan fingerprint density at radius 1 is 0.872 bits per heavy atom. The summed E-state index contributed by atoms with van der Waals surface area (Å²) in [7, 11) is 0. The Kier molecular flexibility index (Phi) is 6.93. The van der Waals surface area contributed by atoms with E-state index in [1.807, 2.05) is 79.7 Å². The minimum absolute atomic E-state index is 0.0944. The van der Waals surface area contributed by atoms with Gasteiger partial charge in [-0.1, -0.05) is 72.4 Å². The molecule has 4 aromatic carbocycles. The van der Waals surface area contributed by atoms with E-state index in [-0.39, 0.29) is 11.9 Å². The summed E-state index contributed by atoms with van der Waals surface area (Å²) in [6.07, 6.45) is 5.69. The summed E-state index contributed by atoms with van der Waals surface area (Å²) in [5.41, 5.74) is 4.43. The highest BCUT2D eigenvalue weighted by atomic mass is 32.2. The maximum absolute atomic E-state index is 13.4. The second-order valence-corrected chi connectivity index (χ2v) is 10.4. The van der Waals surface area contributed by atoms with Crippen molar-refractivity contribution in [3.63, 3.8) is 0 Å². The Hall–Kier alpha value is -4.68. The van der Waals surface area contributed by atoms with E-state index in [0.717, 1.165) is 48.4 Å². The Bertz CT molecular complexity index is 1800. The maximum Gasteiger partial charge on any atom is 0.252 e. The Morgan fingerprint density at radius 2 is 1.69 bits per heavy atom. The largest absolute Gasteiger partial charge is 0.345 e. The molecule has 2 N–H and O–H groups in total. The van der Waals surface area contributed by atoms with Gasteiger partial charge in [0.15, 0.2) is 0 Å². The number of carbonyl (C=O) groups is 1. The lowest BCUT2D eigenvalue weighted by molar-refractivity contribution is 0.0937. The summed E-state index contributed by atoms with van der Waals surface area (Å²) in [5, 5.41) is 14.2. The van der Waals surface area contributed by atoms with Crippen LogP contribution in [0.1, 0.15) is 40.3 Å². The molecule has 5 nitrogen and oxygen atoms in total. The average Bonchev–Trinajstić information content (AvgIpc) is 3.38. The number of hydrogen-bond donors (Lipinski definition) is 2. The zero-order valence-corrected chi connectivity index (χ0v) is 22.2. The third-order valence-electron chi connectivity index (χ3n) is 6.66. The zero-order chi connectivity index (χ0) is 26.6. The van der Waals surface area contributed by atoms with Crippen molar-refractivity contribution in [1.82, 2.24) is 20.5 Å². The summed E-state index contributed by atoms with van der Waals surface area (Å²) in [6.45, 7) is 2.03. The first-order chi connectivity index (χ1) is 19.2. The summed E-state index contributed by atoms with van der Waals surface area (Å²) < 4.78 is 0. The van der Waals surface area contributed by atoms with Crippen molar-refractivity contribution in [1.29, 1.82) is 0 Å². The van der Waals surface area contributed by atoms with E-state index in [0.29, 0.717) is 5.56 Å². The van der Waals surface area contributed by atoms with Gasteiger partial charge in [-0.15, -0.1) is 0 Å². The molecular formula is C33H26N4OS. The van der Waals surface area contributed by atoms with Crippen molar-refractivity contribution in [2.75, 3.05) is 0 Å². The summed E-state index contributed by atoms with van der Waals surface area (Å²) in [5.74, 6) is -0.0944. The summed E-state index contributed by atoms with van der Waals surface area (Å²) >= 11 is 1.57. The van der Waals surface area contributed by atoms with Gasteiger partial charge < -0.3 is 5.32 Å². The minimum Gasteiger partial charge on any atom is -0.345 e. The molecule has 0 spiro atoms. The number of aromatic nitrogens is 3. The highest BCUT2D eigenvalue weighted by Gasteiger charge is 2.17. The fourth-order valence-electron chi connectivity index (χ4n) is 4.70. The molecule has 190 valence electrons. The molecule has 2 aromatic heterocycles. The van der Waals surface area contributed by atoms with Crippen LogP contribution in [0.25, 0.3) is 33.8 Å². The first kappa shape index (κ1) is 24.6. The van der Waals surface area contributed by atoms with E-state index in [1.165, 1.54) is 0 Å². The van der Waals surface area contributed by atoms with Crippen molar-refractivity contribution in [3.05, 3.63) is 132 Å². The fraction of sp³-hybridized carbons (Fsp3) is 0.0606. The number of H-pyrrole nitrogens is 1. The van der Waals surface area contributed by atoms with Gasteiger partial charge in [0, 0.05) is 21.4 Å². The predicted octanol–water partition coefficient (Wildman–Crippen LogP) is 7.92. The summed E-state index contributed by atoms with van der Waals surface area (Å²) in [6, 6.07) is 34.1. The SMILES string of the molecule is C[C@H](NC(=O)c1ccccc1Sc1ccc2c(/C=C/c3ccccn3)n[nH]c2c1)c1cccc2ccccc12. The lowest BCUT2D eigenvalue weighted by atomic mass is 9.99. The topological polar surface area (TPSA) is 70.7 Å². The lowest BCUT2D eigenvalue weighted by Crippen LogP contribution is -2.27. The van der Waals surface area contributed by atoms with Crippen molar-refractivity contribution in [3.8, 4) is 0 Å². The van der Waals surface area contributed by atoms with E-state index in [2.05, 4.69) is 63.0 Å². The Morgan fingerprint density at radius 3 is 2.59 bits per heavy atom. The van der Waals surface area contributed by atoms with Gasteiger partial charge in [0.1, 0.15) is 0 Å². The minimum atomic E-state index is -0.138. The van der Waals surface area contributed by atoms with Crippen LogP contribution in [0.3, 0.4) is 0 Å². The van der Waals surface area contributed by atoms with Crippen LogP contribution < -0.4 is 5.32 Å². The lowest BCUT2D eigenvalue weighted by Gasteiger charge is -2.18. The third-order valence-corrected chi connectivity index (χ3v) is 7.73. The van der Waals surface area contributed by atoms with Gasteiger partial charge in [-0.05, 0) is 77.9 Å². The standard InChI is InChI=1S/C33H26N4OS/c1-22(26-14-8-10-23-9-2-3-12-27(23)26)35-33(38)29-13-4-5-15-32(29)39-25-17-18-28-30(36-37-31(28)21-25)19-16-24-11-6-7-20-34-24/h2-22H,1H3,(H,35,38)(H,36,37)/b19-16+/t22-/m0/s1. The number of carbonyl (C=O) groups excluding carboxylic acids is 1. The van der Waals surface area contributed by atoms with Crippen LogP contribution in [0.15, 0.2) is 119 Å². The molecule has 6 aromatic rings. The summed E-state index contributed by atoms with van der Waals surface area (Å²) in [4.78, 5) is 19.7. The Balaban J connectivity index is 1.21. The van der Waals surface area contributed by atoms with Gasteiger partial charge in [-0.25, -0.2) is 0 Å². The number of rotatable bonds is 7. The predicted molar refractivity (Wildman–Crippen MR) is 160 cm³/mol. The molecule has 0 unspecified atom stereocenters. The zero-order valence-electron chi connectivity index (χ0n) is 21.3. The second-order valence-electron chi connectivity index (χ2n) is 9.27. The molecule has 2 heterocycles. The van der Waals surface area contributed by atoms with Crippen LogP contribution in [0, 0.1) is 0 Å². The van der Waals surface area contributed by atoms with Gasteiger partial charge in [0.05, 0.1) is 28.5 Å². The average molecular weight is 527 g/mol. The number of aromatic amines is 1. The Labute approximate surface area is 231 Å². The maximum atomic E-state index is 13.4. The number of nitrogens with zero attached hydrogens (tertiary/aromatic N) is 2. The van der Waals surface area contributed by atoms with Crippen molar-refractivity contribution in [2.24, 2.45) is 0 Å². The first-order valence-electron chi connectivity index (χ1n) is 12.8. The van der Waals surface area contributed by atoms with E-state index in [1.54, 1.807) is 18.0 Å². The molecule has 0 saturated heterocycles. The van der Waals surface area contributed by atoms with Crippen LogP contribution in [-0.4, -0.2) is 21.1 Å². The normalized spacial score (nSPS) is 12.2. The monoisotopic (exact) mass is 526 g/mol. The van der Waals surface area contributed by atoms with Crippen LogP contribution in [0.5, 0.6) is 0 Å². The number of fused-ring (bicyclic) bond motifs is 2. The van der Waals surface area contributed by atoms with E-state index < -0.39 is 0 Å². The molecule has 0 bridgehead atoms. The van der Waals surface area contributed by atoms with Gasteiger partial charge in [-0.3, -0.25) is 14.9 Å². The van der Waals surface area contributed by atoms with Gasteiger partial charge in [0.2, 0.25) is 0 Å². The number of pyridine rings is 1. The van der Waals surface area contributed by atoms with Crippen LogP contribution in [0.4, 0.5) is 0 Å². The highest BCUT2D eigenvalue weighted by Crippen LogP contribution is 2.33. The molecule has 1 amide bonds. The molecule has 39 heavy (non-hydrogen) atoms. The highest BCUT2D eigenvalue weighted by molar-refractivity contribution is 7.99. The number of amides is 1. The van der Waals surface area contributed by atoms with Crippen molar-refractivity contribution >= 4 is 51.5 Å². The van der Waals surface area contributed by atoms with Gasteiger partial charge >= 0.3 is 0 Å². The van der Waals surface area contributed by atoms with Crippen molar-refractivity contribution < 1.29 is 4.79 Å². The number of benzene rings is 4. The second kappa shape index (κ2) is 11.0. The van der Waals surface area contributed by atoms with Crippen LogP contribution >= 0.6 is 11.8 Å². The first-order valence-corrected chi connectivity index (χ1v) is 13.6. The van der Waals surface area contributed by atoms with E-state index in [9.17, 15) is 4.79 Å².